The van der Waals surface area contributed by atoms with Gasteiger partial charge in [-0.25, -0.2) is 4.79 Å². The molecule has 1 aromatic rings. The van der Waals surface area contributed by atoms with Crippen molar-refractivity contribution < 1.29 is 9.53 Å². The Morgan fingerprint density at radius 3 is 2.40 bits per heavy atom. The largest absolute Gasteiger partial charge is 0.431 e. The van der Waals surface area contributed by atoms with Crippen molar-refractivity contribution in [1.29, 1.82) is 0 Å². The molecule has 15 heavy (non-hydrogen) atoms. The van der Waals surface area contributed by atoms with Crippen LogP contribution >= 0.6 is 0 Å². The van der Waals surface area contributed by atoms with Crippen molar-refractivity contribution in [3.63, 3.8) is 0 Å². The normalized spacial score (nSPS) is 9.87. The van der Waals surface area contributed by atoms with Gasteiger partial charge in [0.05, 0.1) is 11.8 Å². The molecule has 0 saturated carbocycles. The topological polar surface area (TPSA) is 26.3 Å². The highest BCUT2D eigenvalue weighted by molar-refractivity contribution is 5.90. The van der Waals surface area contributed by atoms with E-state index in [-0.39, 0.29) is 5.97 Å². The van der Waals surface area contributed by atoms with Gasteiger partial charge in [0.25, 0.3) is 0 Å². The lowest BCUT2D eigenvalue weighted by Gasteiger charge is -1.99. The second kappa shape index (κ2) is 5.60. The van der Waals surface area contributed by atoms with Crippen molar-refractivity contribution in [2.45, 2.75) is 0 Å². The van der Waals surface area contributed by atoms with Crippen molar-refractivity contribution in [3.05, 3.63) is 67.0 Å². The van der Waals surface area contributed by atoms with E-state index < -0.39 is 0 Å². The van der Waals surface area contributed by atoms with Gasteiger partial charge in [-0.1, -0.05) is 37.4 Å². The summed E-state index contributed by atoms with van der Waals surface area (Å²) in [5.74, 6) is -0.385. The highest BCUT2D eigenvalue weighted by atomic mass is 16.5. The average Bonchev–Trinajstić information content (AvgIpc) is 2.29. The maximum atomic E-state index is 11.4. The molecule has 0 heterocycles. The van der Waals surface area contributed by atoms with E-state index in [4.69, 9.17) is 4.74 Å². The molecule has 2 nitrogen and oxygen atoms in total. The monoisotopic (exact) mass is 200 g/mol. The highest BCUT2D eigenvalue weighted by Gasteiger charge is 2.03. The van der Waals surface area contributed by atoms with Gasteiger partial charge in [0.15, 0.2) is 0 Å². The number of rotatable bonds is 4. The zero-order chi connectivity index (χ0) is 11.1. The minimum Gasteiger partial charge on any atom is -0.431 e. The average molecular weight is 200 g/mol. The van der Waals surface area contributed by atoms with Crippen LogP contribution in [-0.4, -0.2) is 5.97 Å². The molecular weight excluding hydrogens is 188 g/mol. The van der Waals surface area contributed by atoms with E-state index in [0.717, 1.165) is 5.56 Å². The first-order chi connectivity index (χ1) is 7.27. The number of carbonyl (C=O) groups is 1. The molecule has 0 N–H and O–H groups in total. The SMILES string of the molecule is C=C/C=C/OC(=O)c1ccc(C=C)cc1. The van der Waals surface area contributed by atoms with Gasteiger partial charge in [-0.05, 0) is 23.8 Å². The van der Waals surface area contributed by atoms with Crippen molar-refractivity contribution in [2.75, 3.05) is 0 Å². The van der Waals surface area contributed by atoms with Crippen LogP contribution in [0.3, 0.4) is 0 Å². The van der Waals surface area contributed by atoms with Crippen LogP contribution in [0.4, 0.5) is 0 Å². The van der Waals surface area contributed by atoms with Crippen LogP contribution in [0.2, 0.25) is 0 Å². The second-order valence-corrected chi connectivity index (χ2v) is 2.80. The third-order valence-corrected chi connectivity index (χ3v) is 1.77. The van der Waals surface area contributed by atoms with Gasteiger partial charge in [-0.3, -0.25) is 0 Å². The second-order valence-electron chi connectivity index (χ2n) is 2.80. The molecule has 76 valence electrons. The summed E-state index contributed by atoms with van der Waals surface area (Å²) in [6, 6.07) is 7.00. The van der Waals surface area contributed by atoms with E-state index in [1.54, 1.807) is 36.4 Å². The molecule has 0 fully saturated rings. The van der Waals surface area contributed by atoms with Crippen molar-refractivity contribution in [2.24, 2.45) is 0 Å². The Labute approximate surface area is 89.2 Å². The van der Waals surface area contributed by atoms with Gasteiger partial charge in [0.1, 0.15) is 0 Å². The number of esters is 1. The zero-order valence-electron chi connectivity index (χ0n) is 8.35. The maximum Gasteiger partial charge on any atom is 0.342 e. The van der Waals surface area contributed by atoms with Crippen molar-refractivity contribution in [1.82, 2.24) is 0 Å². The van der Waals surface area contributed by atoms with Crippen LogP contribution in [0.25, 0.3) is 6.08 Å². The number of carbonyl (C=O) groups excluding carboxylic acids is 1. The summed E-state index contributed by atoms with van der Waals surface area (Å²) < 4.78 is 4.83. The molecule has 1 rings (SSSR count). The Morgan fingerprint density at radius 1 is 1.20 bits per heavy atom. The van der Waals surface area contributed by atoms with E-state index >= 15 is 0 Å². The summed E-state index contributed by atoms with van der Waals surface area (Å²) in [6.07, 6.45) is 6.10. The van der Waals surface area contributed by atoms with E-state index in [1.165, 1.54) is 12.3 Å². The molecule has 0 aliphatic rings. The van der Waals surface area contributed by atoms with Gasteiger partial charge >= 0.3 is 5.97 Å². The fourth-order valence-electron chi connectivity index (χ4n) is 0.980. The van der Waals surface area contributed by atoms with Crippen LogP contribution in [-0.2, 0) is 4.74 Å². The molecule has 2 heteroatoms. The predicted octanol–water partition coefficient (Wildman–Crippen LogP) is 3.19. The molecule has 0 amide bonds. The van der Waals surface area contributed by atoms with Gasteiger partial charge in [-0.15, -0.1) is 0 Å². The minimum atomic E-state index is -0.385. The maximum absolute atomic E-state index is 11.4. The molecule has 0 saturated heterocycles. The Morgan fingerprint density at radius 2 is 1.87 bits per heavy atom. The van der Waals surface area contributed by atoms with Crippen molar-refractivity contribution in [3.8, 4) is 0 Å². The molecule has 0 unspecified atom stereocenters. The first-order valence-electron chi connectivity index (χ1n) is 4.49. The minimum absolute atomic E-state index is 0.385. The first-order valence-corrected chi connectivity index (χ1v) is 4.49. The molecule has 0 aliphatic heterocycles. The standard InChI is InChI=1S/C13H12O2/c1-3-5-10-15-13(14)12-8-6-11(4-2)7-9-12/h3-10H,1-2H2/b10-5+. The van der Waals surface area contributed by atoms with E-state index in [2.05, 4.69) is 13.2 Å². The summed E-state index contributed by atoms with van der Waals surface area (Å²) >= 11 is 0. The lowest BCUT2D eigenvalue weighted by atomic mass is 10.1. The Kier molecular flexibility index (Phi) is 4.10. The Balaban J connectivity index is 2.69. The van der Waals surface area contributed by atoms with Gasteiger partial charge in [-0.2, -0.15) is 0 Å². The molecule has 1 aromatic carbocycles. The molecule has 0 aromatic heterocycles. The molecular formula is C13H12O2. The third kappa shape index (κ3) is 3.27. The summed E-state index contributed by atoms with van der Waals surface area (Å²) in [5, 5.41) is 0. The third-order valence-electron chi connectivity index (χ3n) is 1.77. The van der Waals surface area contributed by atoms with Gasteiger partial charge in [0.2, 0.25) is 0 Å². The lowest BCUT2D eigenvalue weighted by Crippen LogP contribution is -1.99. The van der Waals surface area contributed by atoms with E-state index in [0.29, 0.717) is 5.56 Å². The first kappa shape index (κ1) is 11.0. The highest BCUT2D eigenvalue weighted by Crippen LogP contribution is 2.06. The fourth-order valence-corrected chi connectivity index (χ4v) is 0.980. The number of hydrogen-bond donors (Lipinski definition) is 0. The van der Waals surface area contributed by atoms with E-state index in [9.17, 15) is 4.79 Å². The van der Waals surface area contributed by atoms with Crippen LogP contribution < -0.4 is 0 Å². The Hall–Kier alpha value is -2.09. The summed E-state index contributed by atoms with van der Waals surface area (Å²) in [6.45, 7) is 7.09. The number of hydrogen-bond acceptors (Lipinski definition) is 2. The smallest absolute Gasteiger partial charge is 0.342 e. The molecule has 0 aliphatic carbocycles. The summed E-state index contributed by atoms with van der Waals surface area (Å²) in [7, 11) is 0. The fraction of sp³-hybridized carbons (Fsp3) is 0. The number of ether oxygens (including phenoxy) is 1. The van der Waals surface area contributed by atoms with Crippen molar-refractivity contribution >= 4 is 12.0 Å². The quantitative estimate of drug-likeness (QED) is 0.424. The Bertz CT molecular complexity index is 386. The van der Waals surface area contributed by atoms with E-state index in [1.807, 2.05) is 0 Å². The number of allylic oxidation sites excluding steroid dienone is 2. The lowest BCUT2D eigenvalue weighted by molar-refractivity contribution is 0.0663. The van der Waals surface area contributed by atoms with Gasteiger partial charge < -0.3 is 4.74 Å². The summed E-state index contributed by atoms with van der Waals surface area (Å²) in [4.78, 5) is 11.4. The molecule has 0 spiro atoms. The molecule has 0 radical (unpaired) electrons. The van der Waals surface area contributed by atoms with Crippen LogP contribution in [0.15, 0.2) is 55.8 Å². The number of benzene rings is 1. The van der Waals surface area contributed by atoms with Crippen LogP contribution in [0, 0.1) is 0 Å². The molecule has 0 atom stereocenters. The van der Waals surface area contributed by atoms with Crippen LogP contribution in [0.1, 0.15) is 15.9 Å². The zero-order valence-corrected chi connectivity index (χ0v) is 8.35. The van der Waals surface area contributed by atoms with Crippen LogP contribution in [0.5, 0.6) is 0 Å². The molecule has 0 bridgehead atoms. The predicted molar refractivity (Wildman–Crippen MR) is 61.3 cm³/mol. The van der Waals surface area contributed by atoms with Gasteiger partial charge in [0, 0.05) is 0 Å². The summed E-state index contributed by atoms with van der Waals surface area (Å²) in [5.41, 5.74) is 1.47.